The first-order chi connectivity index (χ1) is 7.15. The van der Waals surface area contributed by atoms with Crippen LogP contribution in [0.4, 0.5) is 0 Å². The Morgan fingerprint density at radius 2 is 2.33 bits per heavy atom. The van der Waals surface area contributed by atoms with Crippen LogP contribution in [0.5, 0.6) is 0 Å². The van der Waals surface area contributed by atoms with Crippen LogP contribution in [0.2, 0.25) is 0 Å². The van der Waals surface area contributed by atoms with Gasteiger partial charge in [0.1, 0.15) is 6.04 Å². The van der Waals surface area contributed by atoms with Crippen molar-refractivity contribution in [3.63, 3.8) is 0 Å². The summed E-state index contributed by atoms with van der Waals surface area (Å²) < 4.78 is 4.81. The maximum absolute atomic E-state index is 11.6. The fraction of sp³-hybridized carbons (Fsp3) is 0.800. The monoisotopic (exact) mass is 231 g/mol. The molecule has 1 rings (SSSR count). The summed E-state index contributed by atoms with van der Waals surface area (Å²) in [7, 11) is 0. The lowest BCUT2D eigenvalue weighted by Crippen LogP contribution is -2.42. The standard InChI is InChI=1S/C10H17NO3S/c1-3-14-10(13)7(2)11-9(12)8-4-5-15-6-8/h7-8H,3-6H2,1-2H3,(H,11,12). The summed E-state index contributed by atoms with van der Waals surface area (Å²) >= 11 is 1.78. The summed E-state index contributed by atoms with van der Waals surface area (Å²) in [5.41, 5.74) is 0. The van der Waals surface area contributed by atoms with Crippen molar-refractivity contribution in [1.82, 2.24) is 5.32 Å². The summed E-state index contributed by atoms with van der Waals surface area (Å²) in [6, 6.07) is -0.539. The Bertz CT molecular complexity index is 239. The average Bonchev–Trinajstić information content (AvgIpc) is 2.70. The van der Waals surface area contributed by atoms with Crippen LogP contribution in [0, 0.1) is 5.92 Å². The van der Waals surface area contributed by atoms with E-state index in [-0.39, 0.29) is 17.8 Å². The van der Waals surface area contributed by atoms with Gasteiger partial charge in [0.15, 0.2) is 0 Å². The molecule has 1 heterocycles. The van der Waals surface area contributed by atoms with Crippen molar-refractivity contribution in [3.05, 3.63) is 0 Å². The molecule has 2 unspecified atom stereocenters. The van der Waals surface area contributed by atoms with Gasteiger partial charge in [-0.1, -0.05) is 0 Å². The minimum absolute atomic E-state index is 0.0273. The highest BCUT2D eigenvalue weighted by atomic mass is 32.2. The van der Waals surface area contributed by atoms with Crippen molar-refractivity contribution in [2.24, 2.45) is 5.92 Å². The van der Waals surface area contributed by atoms with E-state index in [0.717, 1.165) is 17.9 Å². The third-order valence-corrected chi connectivity index (χ3v) is 3.46. The predicted octanol–water partition coefficient (Wildman–Crippen LogP) is 0.807. The van der Waals surface area contributed by atoms with Gasteiger partial charge in [0.05, 0.1) is 6.61 Å². The SMILES string of the molecule is CCOC(=O)C(C)NC(=O)C1CCSC1. The van der Waals surface area contributed by atoms with E-state index in [2.05, 4.69) is 5.32 Å². The summed E-state index contributed by atoms with van der Waals surface area (Å²) in [5, 5.41) is 2.68. The number of thioether (sulfide) groups is 1. The van der Waals surface area contributed by atoms with Gasteiger partial charge < -0.3 is 10.1 Å². The van der Waals surface area contributed by atoms with Crippen LogP contribution in [0.3, 0.4) is 0 Å². The van der Waals surface area contributed by atoms with Crippen molar-refractivity contribution in [3.8, 4) is 0 Å². The fourth-order valence-corrected chi connectivity index (χ4v) is 2.62. The van der Waals surface area contributed by atoms with Crippen molar-refractivity contribution < 1.29 is 14.3 Å². The lowest BCUT2D eigenvalue weighted by atomic mass is 10.1. The van der Waals surface area contributed by atoms with Gasteiger partial charge in [-0.3, -0.25) is 4.79 Å². The quantitative estimate of drug-likeness (QED) is 0.727. The smallest absolute Gasteiger partial charge is 0.328 e. The van der Waals surface area contributed by atoms with Gasteiger partial charge in [-0.2, -0.15) is 11.8 Å². The molecule has 0 aromatic carbocycles. The zero-order chi connectivity index (χ0) is 11.3. The molecule has 0 radical (unpaired) electrons. The molecule has 1 amide bonds. The summed E-state index contributed by atoms with van der Waals surface area (Å²) in [5.74, 6) is 1.57. The molecule has 15 heavy (non-hydrogen) atoms. The summed E-state index contributed by atoms with van der Waals surface area (Å²) in [4.78, 5) is 22.9. The van der Waals surface area contributed by atoms with E-state index in [1.807, 2.05) is 0 Å². The predicted molar refractivity (Wildman–Crippen MR) is 59.7 cm³/mol. The number of carbonyl (C=O) groups excluding carboxylic acids is 2. The van der Waals surface area contributed by atoms with Gasteiger partial charge in [0.25, 0.3) is 0 Å². The number of carbonyl (C=O) groups is 2. The Hall–Kier alpha value is -0.710. The lowest BCUT2D eigenvalue weighted by Gasteiger charge is -2.15. The maximum Gasteiger partial charge on any atom is 0.328 e. The minimum atomic E-state index is -0.539. The Morgan fingerprint density at radius 1 is 1.60 bits per heavy atom. The lowest BCUT2D eigenvalue weighted by molar-refractivity contribution is -0.147. The highest BCUT2D eigenvalue weighted by Gasteiger charge is 2.26. The Labute approximate surface area is 94.1 Å². The molecular weight excluding hydrogens is 214 g/mol. The third-order valence-electron chi connectivity index (χ3n) is 2.30. The highest BCUT2D eigenvalue weighted by molar-refractivity contribution is 7.99. The third kappa shape index (κ3) is 3.74. The van der Waals surface area contributed by atoms with Crippen LogP contribution in [-0.4, -0.2) is 36.0 Å². The number of rotatable bonds is 4. The molecule has 0 aromatic heterocycles. The van der Waals surface area contributed by atoms with E-state index in [1.165, 1.54) is 0 Å². The minimum Gasteiger partial charge on any atom is -0.464 e. The molecule has 1 N–H and O–H groups in total. The number of amides is 1. The van der Waals surface area contributed by atoms with E-state index in [4.69, 9.17) is 4.74 Å². The van der Waals surface area contributed by atoms with Crippen molar-refractivity contribution in [2.75, 3.05) is 18.1 Å². The molecule has 1 saturated heterocycles. The van der Waals surface area contributed by atoms with Gasteiger partial charge in [-0.15, -0.1) is 0 Å². The van der Waals surface area contributed by atoms with Gasteiger partial charge in [0, 0.05) is 11.7 Å². The summed E-state index contributed by atoms with van der Waals surface area (Å²) in [6.07, 6.45) is 0.909. The van der Waals surface area contributed by atoms with Crippen LogP contribution in [0.1, 0.15) is 20.3 Å². The molecule has 1 aliphatic heterocycles. The largest absolute Gasteiger partial charge is 0.464 e. The molecule has 0 spiro atoms. The topological polar surface area (TPSA) is 55.4 Å². The Morgan fingerprint density at radius 3 is 2.87 bits per heavy atom. The number of esters is 1. The van der Waals surface area contributed by atoms with E-state index in [0.29, 0.717) is 6.61 Å². The summed E-state index contributed by atoms with van der Waals surface area (Å²) in [6.45, 7) is 3.75. The first kappa shape index (κ1) is 12.4. The molecule has 1 fully saturated rings. The van der Waals surface area contributed by atoms with E-state index in [9.17, 15) is 9.59 Å². The van der Waals surface area contributed by atoms with Crippen molar-refractivity contribution in [1.29, 1.82) is 0 Å². The number of hydrogen-bond acceptors (Lipinski definition) is 4. The first-order valence-electron chi connectivity index (χ1n) is 5.20. The van der Waals surface area contributed by atoms with Crippen molar-refractivity contribution in [2.45, 2.75) is 26.3 Å². The molecule has 86 valence electrons. The van der Waals surface area contributed by atoms with E-state index >= 15 is 0 Å². The fourth-order valence-electron chi connectivity index (χ4n) is 1.40. The zero-order valence-corrected chi connectivity index (χ0v) is 9.93. The Balaban J connectivity index is 2.33. The van der Waals surface area contributed by atoms with Gasteiger partial charge in [0.2, 0.25) is 5.91 Å². The highest BCUT2D eigenvalue weighted by Crippen LogP contribution is 2.23. The second-order valence-electron chi connectivity index (χ2n) is 3.54. The zero-order valence-electron chi connectivity index (χ0n) is 9.12. The van der Waals surface area contributed by atoms with Crippen LogP contribution >= 0.6 is 11.8 Å². The Kier molecular flexibility index (Phi) is 4.94. The number of ether oxygens (including phenoxy) is 1. The second kappa shape index (κ2) is 6.00. The molecule has 1 aliphatic rings. The van der Waals surface area contributed by atoms with Crippen LogP contribution in [0.25, 0.3) is 0 Å². The first-order valence-corrected chi connectivity index (χ1v) is 6.35. The maximum atomic E-state index is 11.6. The second-order valence-corrected chi connectivity index (χ2v) is 4.69. The average molecular weight is 231 g/mol. The molecule has 0 bridgehead atoms. The van der Waals surface area contributed by atoms with Gasteiger partial charge in [-0.25, -0.2) is 4.79 Å². The number of hydrogen-bond donors (Lipinski definition) is 1. The molecule has 0 aromatic rings. The molecule has 4 nitrogen and oxygen atoms in total. The normalized spacial score (nSPS) is 22.1. The van der Waals surface area contributed by atoms with E-state index < -0.39 is 6.04 Å². The van der Waals surface area contributed by atoms with Gasteiger partial charge >= 0.3 is 5.97 Å². The van der Waals surface area contributed by atoms with Gasteiger partial charge in [-0.05, 0) is 26.0 Å². The molecule has 0 aliphatic carbocycles. The van der Waals surface area contributed by atoms with Crippen LogP contribution in [-0.2, 0) is 14.3 Å². The van der Waals surface area contributed by atoms with E-state index in [1.54, 1.807) is 25.6 Å². The molecule has 0 saturated carbocycles. The van der Waals surface area contributed by atoms with Crippen molar-refractivity contribution >= 4 is 23.6 Å². The van der Waals surface area contributed by atoms with Crippen LogP contribution < -0.4 is 5.32 Å². The molecule has 5 heteroatoms. The van der Waals surface area contributed by atoms with Crippen LogP contribution in [0.15, 0.2) is 0 Å². The molecular formula is C10H17NO3S. The molecule has 2 atom stereocenters. The number of nitrogens with one attached hydrogen (secondary N) is 1.